The number of aryl methyl sites for hydroxylation is 2. The van der Waals surface area contributed by atoms with Crippen LogP contribution in [0.5, 0.6) is 0 Å². The Kier molecular flexibility index (Phi) is 11.8. The number of benzene rings is 1. The molecule has 1 aromatic rings. The highest BCUT2D eigenvalue weighted by molar-refractivity contribution is 6.00. The first-order valence-corrected chi connectivity index (χ1v) is 13.7. The zero-order chi connectivity index (χ0) is 28.2. The summed E-state index contributed by atoms with van der Waals surface area (Å²) >= 11 is 0. The van der Waals surface area contributed by atoms with Gasteiger partial charge in [-0.15, -0.1) is 0 Å². The SMILES string of the molecule is C=C(CO[C@@H]1/C=C/C[C@@H](C)OC(=O)c2c(C)cc(C)cc2CC(=N/OCC(=O)N2CCCCC2)/C=C/C1)OC. The topological polar surface area (TPSA) is 86.7 Å². The summed E-state index contributed by atoms with van der Waals surface area (Å²) in [7, 11) is 1.56. The maximum atomic E-state index is 13.2. The number of fused-ring (bicyclic) bond motifs is 1. The lowest BCUT2D eigenvalue weighted by Gasteiger charge is -2.26. The Morgan fingerprint density at radius 2 is 1.90 bits per heavy atom. The third-order valence-electron chi connectivity index (χ3n) is 6.77. The summed E-state index contributed by atoms with van der Waals surface area (Å²) in [6, 6.07) is 3.95. The number of esters is 1. The van der Waals surface area contributed by atoms with E-state index in [0.717, 1.165) is 49.0 Å². The van der Waals surface area contributed by atoms with Crippen molar-refractivity contribution >= 4 is 17.6 Å². The van der Waals surface area contributed by atoms with Crippen molar-refractivity contribution in [2.75, 3.05) is 33.4 Å². The smallest absolute Gasteiger partial charge is 0.338 e. The first-order valence-electron chi connectivity index (χ1n) is 13.7. The lowest BCUT2D eigenvalue weighted by Crippen LogP contribution is -2.37. The normalized spacial score (nSPS) is 23.2. The number of rotatable bonds is 7. The van der Waals surface area contributed by atoms with Gasteiger partial charge in [-0.1, -0.05) is 47.7 Å². The quantitative estimate of drug-likeness (QED) is 0.205. The van der Waals surface area contributed by atoms with Crippen LogP contribution < -0.4 is 0 Å². The number of cyclic esters (lactones) is 1. The Labute approximate surface area is 232 Å². The highest BCUT2D eigenvalue weighted by Crippen LogP contribution is 2.22. The number of piperidine rings is 1. The number of nitrogens with zero attached hydrogens (tertiary/aromatic N) is 2. The van der Waals surface area contributed by atoms with E-state index >= 15 is 0 Å². The number of oxime groups is 1. The van der Waals surface area contributed by atoms with E-state index in [0.29, 0.717) is 36.3 Å². The standard InChI is InChI=1S/C31H42N2O6/c1-22-17-23(2)30-26(18-22)19-27(32-38-21-29(34)33-15-7-6-8-16-33)12-10-14-28(37-20-25(4)36-5)13-9-11-24(3)39-31(30)35/h9-10,12-13,17-18,24,28H,4,6-8,11,14-16,19-21H2,1-3,5H3/b12-10+,13-9+,32-27+/t24-,28-/m1/s1. The highest BCUT2D eigenvalue weighted by atomic mass is 16.6. The van der Waals surface area contributed by atoms with E-state index in [1.165, 1.54) is 0 Å². The van der Waals surface area contributed by atoms with Gasteiger partial charge in [-0.25, -0.2) is 4.79 Å². The third kappa shape index (κ3) is 9.70. The molecule has 0 radical (unpaired) electrons. The van der Waals surface area contributed by atoms with Gasteiger partial charge in [0.05, 0.1) is 24.5 Å². The second-order valence-corrected chi connectivity index (χ2v) is 10.2. The molecule has 0 bridgehead atoms. The molecule has 39 heavy (non-hydrogen) atoms. The van der Waals surface area contributed by atoms with Crippen molar-refractivity contribution in [1.82, 2.24) is 4.90 Å². The molecule has 1 fully saturated rings. The number of carbonyl (C=O) groups excluding carboxylic acids is 2. The Morgan fingerprint density at radius 1 is 1.13 bits per heavy atom. The van der Waals surface area contributed by atoms with Gasteiger partial charge in [0.15, 0.2) is 6.61 Å². The molecule has 0 aromatic heterocycles. The minimum Gasteiger partial charge on any atom is -0.499 e. The van der Waals surface area contributed by atoms with Crippen molar-refractivity contribution < 1.29 is 28.6 Å². The minimum atomic E-state index is -0.367. The molecule has 8 nitrogen and oxygen atoms in total. The van der Waals surface area contributed by atoms with E-state index in [9.17, 15) is 9.59 Å². The summed E-state index contributed by atoms with van der Waals surface area (Å²) < 4.78 is 16.9. The first-order chi connectivity index (χ1) is 18.8. The fourth-order valence-corrected chi connectivity index (χ4v) is 4.72. The fraction of sp³-hybridized carbons (Fsp3) is 0.516. The number of likely N-dealkylation sites (tertiary alicyclic amines) is 1. The van der Waals surface area contributed by atoms with E-state index < -0.39 is 0 Å². The molecule has 2 aliphatic heterocycles. The average molecular weight is 539 g/mol. The summed E-state index contributed by atoms with van der Waals surface area (Å²) in [5.74, 6) is 0.102. The molecule has 1 saturated heterocycles. The summed E-state index contributed by atoms with van der Waals surface area (Å²) in [6.07, 6.45) is 11.9. The number of allylic oxidation sites excluding steroid dienone is 1. The van der Waals surface area contributed by atoms with Crippen molar-refractivity contribution in [1.29, 1.82) is 0 Å². The molecule has 212 valence electrons. The zero-order valence-corrected chi connectivity index (χ0v) is 23.7. The Balaban J connectivity index is 1.87. The lowest BCUT2D eigenvalue weighted by molar-refractivity contribution is -0.137. The Bertz CT molecular complexity index is 1100. The molecule has 0 spiro atoms. The van der Waals surface area contributed by atoms with Gasteiger partial charge in [-0.2, -0.15) is 0 Å². The monoisotopic (exact) mass is 538 g/mol. The molecule has 0 N–H and O–H groups in total. The van der Waals surface area contributed by atoms with Crippen molar-refractivity contribution in [2.45, 2.75) is 71.5 Å². The predicted octanol–water partition coefficient (Wildman–Crippen LogP) is 5.23. The van der Waals surface area contributed by atoms with Gasteiger partial charge in [0, 0.05) is 25.9 Å². The number of amides is 1. The molecule has 8 heteroatoms. The molecule has 0 aliphatic carbocycles. The van der Waals surface area contributed by atoms with Crippen molar-refractivity contribution in [3.8, 4) is 0 Å². The van der Waals surface area contributed by atoms with Crippen LogP contribution in [0.1, 0.15) is 66.1 Å². The van der Waals surface area contributed by atoms with E-state index in [2.05, 4.69) is 11.7 Å². The van der Waals surface area contributed by atoms with Crippen LogP contribution in [0, 0.1) is 13.8 Å². The van der Waals surface area contributed by atoms with E-state index in [1.807, 2.05) is 62.1 Å². The van der Waals surface area contributed by atoms with Gasteiger partial charge in [-0.05, 0) is 63.7 Å². The second kappa shape index (κ2) is 15.3. The van der Waals surface area contributed by atoms with E-state index in [1.54, 1.807) is 7.11 Å². The van der Waals surface area contributed by atoms with Crippen LogP contribution in [-0.4, -0.2) is 68.1 Å². The second-order valence-electron chi connectivity index (χ2n) is 10.2. The number of hydrogen-bond acceptors (Lipinski definition) is 7. The number of methoxy groups -OCH3 is 1. The molecule has 3 rings (SSSR count). The Morgan fingerprint density at radius 3 is 2.64 bits per heavy atom. The van der Waals surface area contributed by atoms with Crippen molar-refractivity contribution in [2.24, 2.45) is 5.16 Å². The third-order valence-corrected chi connectivity index (χ3v) is 6.77. The summed E-state index contributed by atoms with van der Waals surface area (Å²) in [6.45, 7) is 11.3. The fourth-order valence-electron chi connectivity index (χ4n) is 4.72. The molecule has 1 aromatic carbocycles. The summed E-state index contributed by atoms with van der Waals surface area (Å²) in [4.78, 5) is 33.2. The highest BCUT2D eigenvalue weighted by Gasteiger charge is 2.21. The van der Waals surface area contributed by atoms with E-state index in [4.69, 9.17) is 19.0 Å². The van der Waals surface area contributed by atoms with Crippen LogP contribution in [0.4, 0.5) is 0 Å². The average Bonchev–Trinajstić information content (AvgIpc) is 2.90. The zero-order valence-electron chi connectivity index (χ0n) is 23.7. The van der Waals surface area contributed by atoms with Crippen LogP contribution >= 0.6 is 0 Å². The molecular formula is C31H42N2O6. The molecular weight excluding hydrogens is 496 g/mol. The largest absolute Gasteiger partial charge is 0.499 e. The molecule has 2 heterocycles. The summed E-state index contributed by atoms with van der Waals surface area (Å²) in [5.41, 5.74) is 3.82. The molecule has 1 amide bonds. The Hall–Kier alpha value is -3.39. The maximum absolute atomic E-state index is 13.2. The van der Waals surface area contributed by atoms with Gasteiger partial charge in [0.2, 0.25) is 0 Å². The van der Waals surface area contributed by atoms with Crippen LogP contribution in [0.15, 0.2) is 53.9 Å². The predicted molar refractivity (Wildman–Crippen MR) is 152 cm³/mol. The molecule has 0 saturated carbocycles. The number of hydrogen-bond donors (Lipinski definition) is 0. The molecule has 2 aliphatic rings. The van der Waals surface area contributed by atoms with E-state index in [-0.39, 0.29) is 37.3 Å². The molecule has 0 unspecified atom stereocenters. The van der Waals surface area contributed by atoms with Gasteiger partial charge in [0.1, 0.15) is 18.5 Å². The van der Waals surface area contributed by atoms with Crippen molar-refractivity contribution in [3.05, 3.63) is 71.0 Å². The van der Waals surface area contributed by atoms with Crippen LogP contribution in [0.2, 0.25) is 0 Å². The first kappa shape index (κ1) is 30.2. The van der Waals surface area contributed by atoms with Crippen LogP contribution in [0.25, 0.3) is 0 Å². The van der Waals surface area contributed by atoms with Crippen molar-refractivity contribution in [3.63, 3.8) is 0 Å². The van der Waals surface area contributed by atoms with Crippen LogP contribution in [-0.2, 0) is 30.3 Å². The minimum absolute atomic E-state index is 0.0643. The maximum Gasteiger partial charge on any atom is 0.338 e. The summed E-state index contributed by atoms with van der Waals surface area (Å²) in [5, 5.41) is 4.34. The van der Waals surface area contributed by atoms with Gasteiger partial charge in [0.25, 0.3) is 5.91 Å². The van der Waals surface area contributed by atoms with Gasteiger partial charge < -0.3 is 23.9 Å². The number of carbonyl (C=O) groups is 2. The van der Waals surface area contributed by atoms with Crippen LogP contribution in [0.3, 0.4) is 0 Å². The molecule has 2 atom stereocenters. The van der Waals surface area contributed by atoms with Gasteiger partial charge >= 0.3 is 5.97 Å². The lowest BCUT2D eigenvalue weighted by atomic mass is 9.95. The number of ether oxygens (including phenoxy) is 3. The van der Waals surface area contributed by atoms with Gasteiger partial charge in [-0.3, -0.25) is 4.79 Å².